The largest absolute Gasteiger partial charge is 0.455 e. The van der Waals surface area contributed by atoms with E-state index >= 15 is 0 Å². The average Bonchev–Trinajstić information content (AvgIpc) is 2.75. The lowest BCUT2D eigenvalue weighted by Crippen LogP contribution is -2.43. The predicted molar refractivity (Wildman–Crippen MR) is 112 cm³/mol. The van der Waals surface area contributed by atoms with Gasteiger partial charge in [-0.25, -0.2) is 0 Å². The smallest absolute Gasteiger partial charge is 0.306 e. The van der Waals surface area contributed by atoms with E-state index in [0.717, 1.165) is 0 Å². The van der Waals surface area contributed by atoms with Crippen LogP contribution >= 0.6 is 11.6 Å². The minimum atomic E-state index is -0.749. The molecular formula is C21H20ClN3O6. The van der Waals surface area contributed by atoms with Crippen LogP contribution in [0.1, 0.15) is 40.5 Å². The Morgan fingerprint density at radius 3 is 2.03 bits per heavy atom. The number of anilines is 1. The van der Waals surface area contributed by atoms with E-state index in [0.29, 0.717) is 16.3 Å². The summed E-state index contributed by atoms with van der Waals surface area (Å²) in [5.74, 6) is -2.57. The summed E-state index contributed by atoms with van der Waals surface area (Å²) in [6.07, 6.45) is -0.385. The summed E-state index contributed by atoms with van der Waals surface area (Å²) < 4.78 is 4.76. The van der Waals surface area contributed by atoms with Crippen molar-refractivity contribution in [1.29, 1.82) is 0 Å². The normalized spacial score (nSPS) is 10.0. The third-order valence-corrected chi connectivity index (χ3v) is 4.17. The summed E-state index contributed by atoms with van der Waals surface area (Å²) in [6.45, 7) is 0.820. The van der Waals surface area contributed by atoms with Gasteiger partial charge in [-0.1, -0.05) is 11.6 Å². The molecule has 0 aliphatic rings. The van der Waals surface area contributed by atoms with Gasteiger partial charge >= 0.3 is 5.97 Å². The van der Waals surface area contributed by atoms with Crippen molar-refractivity contribution in [2.75, 3.05) is 11.9 Å². The van der Waals surface area contributed by atoms with Crippen molar-refractivity contribution in [2.45, 2.75) is 19.8 Å². The maximum Gasteiger partial charge on any atom is 0.306 e. The standard InChI is InChI=1S/C21H20ClN3O6/c1-13(26)14-4-8-17(9-5-14)23-18(27)10-11-20(29)31-12-19(28)24-25-21(30)15-2-6-16(22)7-3-15/h2-9H,10-12H2,1H3,(H,23,27)(H,24,28)(H,25,30). The lowest BCUT2D eigenvalue weighted by Gasteiger charge is -2.08. The third-order valence-electron chi connectivity index (χ3n) is 3.92. The van der Waals surface area contributed by atoms with Crippen LogP contribution in [0.25, 0.3) is 0 Å². The van der Waals surface area contributed by atoms with Gasteiger partial charge in [0.25, 0.3) is 11.8 Å². The molecular weight excluding hydrogens is 426 g/mol. The van der Waals surface area contributed by atoms with Gasteiger partial charge in [0, 0.05) is 28.3 Å². The molecule has 0 fully saturated rings. The Morgan fingerprint density at radius 2 is 1.42 bits per heavy atom. The van der Waals surface area contributed by atoms with Crippen molar-refractivity contribution in [3.63, 3.8) is 0 Å². The number of hydrogen-bond donors (Lipinski definition) is 3. The van der Waals surface area contributed by atoms with Crippen LogP contribution in [0, 0.1) is 0 Å². The summed E-state index contributed by atoms with van der Waals surface area (Å²) in [4.78, 5) is 58.3. The average molecular weight is 446 g/mol. The number of esters is 1. The third kappa shape index (κ3) is 8.27. The molecule has 2 aromatic rings. The first-order valence-electron chi connectivity index (χ1n) is 9.16. The molecule has 3 N–H and O–H groups in total. The number of nitrogens with one attached hydrogen (secondary N) is 3. The molecule has 0 radical (unpaired) electrons. The molecule has 0 spiro atoms. The van der Waals surface area contributed by atoms with Gasteiger partial charge in [-0.2, -0.15) is 0 Å². The number of rotatable bonds is 8. The monoisotopic (exact) mass is 445 g/mol. The van der Waals surface area contributed by atoms with Crippen molar-refractivity contribution in [3.8, 4) is 0 Å². The van der Waals surface area contributed by atoms with Crippen LogP contribution in [-0.2, 0) is 19.1 Å². The molecule has 3 amide bonds. The van der Waals surface area contributed by atoms with Gasteiger partial charge in [0.15, 0.2) is 12.4 Å². The Labute approximate surface area is 183 Å². The summed E-state index contributed by atoms with van der Waals surface area (Å²) >= 11 is 5.73. The van der Waals surface area contributed by atoms with E-state index < -0.39 is 30.3 Å². The van der Waals surface area contributed by atoms with Crippen LogP contribution in [0.3, 0.4) is 0 Å². The minimum Gasteiger partial charge on any atom is -0.455 e. The van der Waals surface area contributed by atoms with E-state index in [2.05, 4.69) is 16.2 Å². The highest BCUT2D eigenvalue weighted by molar-refractivity contribution is 6.30. The van der Waals surface area contributed by atoms with Crippen molar-refractivity contribution in [1.82, 2.24) is 10.9 Å². The summed E-state index contributed by atoms with van der Waals surface area (Å²) in [7, 11) is 0. The maximum absolute atomic E-state index is 11.9. The van der Waals surface area contributed by atoms with Crippen LogP contribution in [-0.4, -0.2) is 36.1 Å². The number of hydrazine groups is 1. The molecule has 0 bridgehead atoms. The lowest BCUT2D eigenvalue weighted by atomic mass is 10.1. The lowest BCUT2D eigenvalue weighted by molar-refractivity contribution is -0.149. The maximum atomic E-state index is 11.9. The van der Waals surface area contributed by atoms with Crippen LogP contribution in [0.5, 0.6) is 0 Å². The fourth-order valence-electron chi connectivity index (χ4n) is 2.28. The second-order valence-electron chi connectivity index (χ2n) is 6.35. The van der Waals surface area contributed by atoms with Gasteiger partial charge in [-0.15, -0.1) is 0 Å². The summed E-state index contributed by atoms with van der Waals surface area (Å²) in [5, 5.41) is 3.05. The number of halogens is 1. The quantitative estimate of drug-likeness (QED) is 0.324. The molecule has 0 saturated heterocycles. The zero-order valence-electron chi connectivity index (χ0n) is 16.6. The highest BCUT2D eigenvalue weighted by atomic mass is 35.5. The van der Waals surface area contributed by atoms with Crippen molar-refractivity contribution in [2.24, 2.45) is 0 Å². The molecule has 0 aromatic heterocycles. The summed E-state index contributed by atoms with van der Waals surface area (Å²) in [5.41, 5.74) is 5.57. The number of hydrogen-bond acceptors (Lipinski definition) is 6. The van der Waals surface area contributed by atoms with Crippen molar-refractivity contribution < 1.29 is 28.7 Å². The van der Waals surface area contributed by atoms with E-state index in [1.54, 1.807) is 24.3 Å². The Kier molecular flexibility index (Phi) is 8.71. The van der Waals surface area contributed by atoms with Crippen LogP contribution in [0.4, 0.5) is 5.69 Å². The first kappa shape index (κ1) is 23.6. The summed E-state index contributed by atoms with van der Waals surface area (Å²) in [6, 6.07) is 12.3. The van der Waals surface area contributed by atoms with Crippen LogP contribution < -0.4 is 16.2 Å². The second kappa shape index (κ2) is 11.5. The minimum absolute atomic E-state index is 0.0887. The van der Waals surface area contributed by atoms with Gasteiger partial charge < -0.3 is 10.1 Å². The Morgan fingerprint density at radius 1 is 0.806 bits per heavy atom. The molecule has 0 heterocycles. The zero-order valence-corrected chi connectivity index (χ0v) is 17.3. The Balaban J connectivity index is 1.64. The number of carbonyl (C=O) groups is 5. The zero-order chi connectivity index (χ0) is 22.8. The first-order chi connectivity index (χ1) is 14.7. The molecule has 10 heteroatoms. The number of Topliss-reactive ketones (excluding diaryl/α,β-unsaturated/α-hetero) is 1. The van der Waals surface area contributed by atoms with Crippen LogP contribution in [0.2, 0.25) is 5.02 Å². The Hall–Kier alpha value is -3.72. The fraction of sp³-hybridized carbons (Fsp3) is 0.190. The molecule has 0 saturated carbocycles. The van der Waals surface area contributed by atoms with Gasteiger partial charge in [0.1, 0.15) is 0 Å². The molecule has 2 aromatic carbocycles. The Bertz CT molecular complexity index is 974. The first-order valence-corrected chi connectivity index (χ1v) is 9.53. The molecule has 31 heavy (non-hydrogen) atoms. The molecule has 162 valence electrons. The number of ether oxygens (including phenoxy) is 1. The SMILES string of the molecule is CC(=O)c1ccc(NC(=O)CCC(=O)OCC(=O)NNC(=O)c2ccc(Cl)cc2)cc1. The van der Waals surface area contributed by atoms with E-state index in [1.807, 2.05) is 0 Å². The van der Waals surface area contributed by atoms with Gasteiger partial charge in [0.05, 0.1) is 6.42 Å². The predicted octanol–water partition coefficient (Wildman–Crippen LogP) is 2.27. The number of ketones is 1. The topological polar surface area (TPSA) is 131 Å². The second-order valence-corrected chi connectivity index (χ2v) is 6.79. The van der Waals surface area contributed by atoms with E-state index in [9.17, 15) is 24.0 Å². The van der Waals surface area contributed by atoms with Crippen molar-refractivity contribution in [3.05, 3.63) is 64.7 Å². The van der Waals surface area contributed by atoms with E-state index in [1.165, 1.54) is 31.2 Å². The molecule has 0 atom stereocenters. The molecule has 9 nitrogen and oxygen atoms in total. The van der Waals surface area contributed by atoms with Gasteiger partial charge in [-0.3, -0.25) is 34.8 Å². The van der Waals surface area contributed by atoms with E-state index in [4.69, 9.17) is 16.3 Å². The van der Waals surface area contributed by atoms with Gasteiger partial charge in [0.2, 0.25) is 5.91 Å². The number of benzene rings is 2. The highest BCUT2D eigenvalue weighted by Crippen LogP contribution is 2.11. The number of carbonyl (C=O) groups excluding carboxylic acids is 5. The number of amides is 3. The molecule has 0 unspecified atom stereocenters. The highest BCUT2D eigenvalue weighted by Gasteiger charge is 2.12. The molecule has 0 aliphatic carbocycles. The van der Waals surface area contributed by atoms with Gasteiger partial charge in [-0.05, 0) is 55.5 Å². The van der Waals surface area contributed by atoms with E-state index in [-0.39, 0.29) is 24.2 Å². The molecule has 2 rings (SSSR count). The van der Waals surface area contributed by atoms with Crippen LogP contribution in [0.15, 0.2) is 48.5 Å². The van der Waals surface area contributed by atoms with Crippen molar-refractivity contribution >= 4 is 46.8 Å². The fourth-order valence-corrected chi connectivity index (χ4v) is 2.41. The molecule has 0 aliphatic heterocycles.